The molecule has 0 nitrogen and oxygen atoms in total. The fourth-order valence-electron chi connectivity index (χ4n) is 1.12. The van der Waals surface area contributed by atoms with Gasteiger partial charge in [-0.15, -0.1) is 8.58 Å². The van der Waals surface area contributed by atoms with Crippen LogP contribution in [0.25, 0.3) is 0 Å². The van der Waals surface area contributed by atoms with E-state index in [1.807, 2.05) is 0 Å². The standard InChI is InChI=1S/C8H19P.2ClH.Pt/c1-7(2,3)9-8(4,5)6;;;/h9H,1-6H3;2*1H;/q;;;+2/p-2. The molecule has 0 aromatic rings. The Hall–Kier alpha value is 1.70. The molecular weight excluding hydrogens is 393 g/mol. The first kappa shape index (κ1) is 16.1. The summed E-state index contributed by atoms with van der Waals surface area (Å²) in [4.78, 5) is 0. The summed E-state index contributed by atoms with van der Waals surface area (Å²) in [5, 5.41) is 1.02. The van der Waals surface area contributed by atoms with E-state index in [1.165, 1.54) is 0 Å². The van der Waals surface area contributed by atoms with Gasteiger partial charge in [-0.3, -0.25) is 0 Å². The van der Waals surface area contributed by atoms with Crippen molar-refractivity contribution in [3.05, 3.63) is 0 Å². The summed E-state index contributed by atoms with van der Waals surface area (Å²) >= 11 is -0.472. The van der Waals surface area contributed by atoms with Gasteiger partial charge in [0.2, 0.25) is 0 Å². The van der Waals surface area contributed by atoms with Gasteiger partial charge in [0.05, 0.1) is 0 Å². The quantitative estimate of drug-likeness (QED) is 0.509. The molecule has 0 aromatic heterocycles. The molecule has 0 aliphatic rings. The summed E-state index contributed by atoms with van der Waals surface area (Å²) < 4.78 is 0. The molecule has 0 rings (SSSR count). The molecule has 0 atom stereocenters. The van der Waals surface area contributed by atoms with Crippen molar-refractivity contribution in [3.63, 3.8) is 0 Å². The Morgan fingerprint density at radius 3 is 1.00 bits per heavy atom. The zero-order valence-electron chi connectivity index (χ0n) is 8.57. The van der Waals surface area contributed by atoms with Crippen LogP contribution in [-0.2, 0) is 16.5 Å². The van der Waals surface area contributed by atoms with Crippen LogP contribution in [0.2, 0.25) is 0 Å². The SMILES string of the molecule is CC(C)(C)PC(C)(C)C.[Cl][Pt][Cl]. The van der Waals surface area contributed by atoms with Gasteiger partial charge in [-0.05, 0) is 10.3 Å². The van der Waals surface area contributed by atoms with E-state index in [0.29, 0.717) is 10.3 Å². The van der Waals surface area contributed by atoms with Gasteiger partial charge in [0.25, 0.3) is 0 Å². The molecule has 0 radical (unpaired) electrons. The molecule has 0 saturated carbocycles. The van der Waals surface area contributed by atoms with Crippen molar-refractivity contribution >= 4 is 27.4 Å². The first-order valence-electron chi connectivity index (χ1n) is 3.74. The van der Waals surface area contributed by atoms with Gasteiger partial charge >= 0.3 is 35.3 Å². The van der Waals surface area contributed by atoms with Crippen LogP contribution in [0.15, 0.2) is 0 Å². The summed E-state index contributed by atoms with van der Waals surface area (Å²) in [6.45, 7) is 13.8. The molecule has 0 aliphatic heterocycles. The van der Waals surface area contributed by atoms with Gasteiger partial charge in [-0.2, -0.15) is 0 Å². The van der Waals surface area contributed by atoms with Crippen LogP contribution in [-0.4, -0.2) is 10.3 Å². The molecule has 0 amide bonds. The Bertz CT molecular complexity index is 92.6. The maximum absolute atomic E-state index is 4.88. The predicted octanol–water partition coefficient (Wildman–Crippen LogP) is 4.64. The molecular formula is C8H19Cl2PPt. The van der Waals surface area contributed by atoms with Crippen molar-refractivity contribution < 1.29 is 16.5 Å². The Morgan fingerprint density at radius 2 is 1.00 bits per heavy atom. The molecule has 0 saturated heterocycles. The average molecular weight is 412 g/mol. The Balaban J connectivity index is 0. The first-order valence-corrected chi connectivity index (χ1v) is 10.4. The van der Waals surface area contributed by atoms with Gasteiger partial charge in [0.1, 0.15) is 0 Å². The van der Waals surface area contributed by atoms with Crippen LogP contribution >= 0.6 is 27.4 Å². The van der Waals surface area contributed by atoms with Gasteiger partial charge in [-0.1, -0.05) is 41.5 Å². The Morgan fingerprint density at radius 1 is 0.833 bits per heavy atom. The van der Waals surface area contributed by atoms with Crippen LogP contribution < -0.4 is 0 Å². The second-order valence-corrected chi connectivity index (χ2v) is 11.2. The third-order valence-electron chi connectivity index (χ3n) is 0.750. The normalized spacial score (nSPS) is 12.3. The minimum atomic E-state index is -0.472. The third kappa shape index (κ3) is 22.6. The minimum absolute atomic E-state index is 0.472. The van der Waals surface area contributed by atoms with Gasteiger partial charge in [0.15, 0.2) is 0 Å². The van der Waals surface area contributed by atoms with Crippen LogP contribution in [0.4, 0.5) is 0 Å². The number of hydrogen-bond acceptors (Lipinski definition) is 0. The molecule has 0 aromatic carbocycles. The maximum atomic E-state index is 4.88. The molecule has 0 aliphatic carbocycles. The second kappa shape index (κ2) is 7.05. The molecule has 0 N–H and O–H groups in total. The summed E-state index contributed by atoms with van der Waals surface area (Å²) in [7, 11) is 10.8. The van der Waals surface area contributed by atoms with Crippen molar-refractivity contribution in [3.8, 4) is 0 Å². The van der Waals surface area contributed by atoms with Crippen molar-refractivity contribution in [2.45, 2.75) is 51.9 Å². The van der Waals surface area contributed by atoms with E-state index in [0.717, 1.165) is 8.58 Å². The molecule has 0 unspecified atom stereocenters. The zero-order valence-corrected chi connectivity index (χ0v) is 13.4. The first-order chi connectivity index (χ1) is 5.12. The monoisotopic (exact) mass is 411 g/mol. The summed E-state index contributed by atoms with van der Waals surface area (Å²) in [5.74, 6) is 0. The Labute approximate surface area is 95.3 Å². The molecule has 0 spiro atoms. The third-order valence-corrected chi connectivity index (χ3v) is 2.25. The van der Waals surface area contributed by atoms with Gasteiger partial charge in [0, 0.05) is 0 Å². The summed E-state index contributed by atoms with van der Waals surface area (Å²) in [6, 6.07) is 0. The summed E-state index contributed by atoms with van der Waals surface area (Å²) in [5.41, 5.74) is 0. The molecule has 0 bridgehead atoms. The number of hydrogen-bond donors (Lipinski definition) is 0. The van der Waals surface area contributed by atoms with Crippen LogP contribution in [0, 0.1) is 0 Å². The topological polar surface area (TPSA) is 0 Å². The van der Waals surface area contributed by atoms with Crippen LogP contribution in [0.1, 0.15) is 41.5 Å². The average Bonchev–Trinajstić information content (AvgIpc) is 1.53. The second-order valence-electron chi connectivity index (χ2n) is 4.67. The van der Waals surface area contributed by atoms with Crippen molar-refractivity contribution in [1.82, 2.24) is 0 Å². The summed E-state index contributed by atoms with van der Waals surface area (Å²) in [6.07, 6.45) is 0. The van der Waals surface area contributed by atoms with Crippen molar-refractivity contribution in [1.29, 1.82) is 0 Å². The molecule has 12 heavy (non-hydrogen) atoms. The van der Waals surface area contributed by atoms with E-state index < -0.39 is 16.5 Å². The number of rotatable bonds is 0. The molecule has 0 fully saturated rings. The van der Waals surface area contributed by atoms with Crippen molar-refractivity contribution in [2.24, 2.45) is 0 Å². The van der Waals surface area contributed by atoms with E-state index in [-0.39, 0.29) is 0 Å². The van der Waals surface area contributed by atoms with E-state index in [1.54, 1.807) is 0 Å². The van der Waals surface area contributed by atoms with E-state index in [4.69, 9.17) is 18.8 Å². The fraction of sp³-hybridized carbons (Fsp3) is 1.00. The van der Waals surface area contributed by atoms with E-state index in [9.17, 15) is 0 Å². The van der Waals surface area contributed by atoms with Crippen molar-refractivity contribution in [2.75, 3.05) is 0 Å². The number of halogens is 2. The van der Waals surface area contributed by atoms with E-state index in [2.05, 4.69) is 41.5 Å². The molecule has 80 valence electrons. The zero-order chi connectivity index (χ0) is 10.4. The van der Waals surface area contributed by atoms with Crippen LogP contribution in [0.5, 0.6) is 0 Å². The molecule has 4 heteroatoms. The fourth-order valence-corrected chi connectivity index (χ4v) is 3.38. The Kier molecular flexibility index (Phi) is 9.48. The van der Waals surface area contributed by atoms with Crippen LogP contribution in [0.3, 0.4) is 0 Å². The molecule has 0 heterocycles. The van der Waals surface area contributed by atoms with Gasteiger partial charge < -0.3 is 0 Å². The van der Waals surface area contributed by atoms with Gasteiger partial charge in [-0.25, -0.2) is 0 Å². The predicted molar refractivity (Wildman–Crippen MR) is 59.5 cm³/mol. The van der Waals surface area contributed by atoms with E-state index >= 15 is 0 Å².